The molecule has 0 unspecified atom stereocenters. The van der Waals surface area contributed by atoms with Gasteiger partial charge in [-0.3, -0.25) is 0 Å². The minimum Gasteiger partial charge on any atom is -0.497 e. The standard InChI is InChI=1S/C17H16N2O2S3.BrH/c1-10-13(8-15(24-10)16(22)21-3)14-9-23-17(19-14)18-11-4-6-12(20-2)7-5-11;/h4-9H,1-3H3,(H,18,19);1H. The van der Waals surface area contributed by atoms with Gasteiger partial charge in [-0.15, -0.1) is 39.7 Å². The van der Waals surface area contributed by atoms with Gasteiger partial charge in [0.05, 0.1) is 24.8 Å². The van der Waals surface area contributed by atoms with Crippen LogP contribution in [0, 0.1) is 6.92 Å². The second-order valence-corrected chi connectivity index (χ2v) is 7.45. The highest BCUT2D eigenvalue weighted by atomic mass is 79.9. The Morgan fingerprint density at radius 3 is 2.56 bits per heavy atom. The summed E-state index contributed by atoms with van der Waals surface area (Å²) in [6.07, 6.45) is 0. The van der Waals surface area contributed by atoms with Crippen molar-refractivity contribution >= 4 is 67.7 Å². The lowest BCUT2D eigenvalue weighted by molar-refractivity contribution is 0.415. The highest BCUT2D eigenvalue weighted by Gasteiger charge is 2.14. The summed E-state index contributed by atoms with van der Waals surface area (Å²) in [5.41, 5.74) is 3.00. The third-order valence-corrected chi connectivity index (χ3v) is 5.75. The van der Waals surface area contributed by atoms with Crippen molar-refractivity contribution in [2.45, 2.75) is 6.92 Å². The number of benzene rings is 1. The number of nitrogens with one attached hydrogen (secondary N) is 1. The van der Waals surface area contributed by atoms with Crippen molar-refractivity contribution < 1.29 is 9.47 Å². The van der Waals surface area contributed by atoms with Crippen molar-refractivity contribution in [3.8, 4) is 17.0 Å². The molecular formula is C17H17BrN2O2S3. The summed E-state index contributed by atoms with van der Waals surface area (Å²) in [6.45, 7) is 2.07. The summed E-state index contributed by atoms with van der Waals surface area (Å²) < 4.78 is 10.3. The number of thiophene rings is 1. The molecule has 0 aliphatic heterocycles. The predicted octanol–water partition coefficient (Wildman–Crippen LogP) is 5.83. The number of nitrogens with zero attached hydrogens (tertiary/aromatic N) is 1. The number of aromatic nitrogens is 1. The Morgan fingerprint density at radius 1 is 1.20 bits per heavy atom. The smallest absolute Gasteiger partial charge is 0.201 e. The summed E-state index contributed by atoms with van der Waals surface area (Å²) in [4.78, 5) is 6.80. The number of halogens is 1. The maximum absolute atomic E-state index is 5.20. The van der Waals surface area contributed by atoms with Gasteiger partial charge >= 0.3 is 0 Å². The van der Waals surface area contributed by atoms with Crippen molar-refractivity contribution in [2.75, 3.05) is 19.5 Å². The van der Waals surface area contributed by atoms with Crippen molar-refractivity contribution in [2.24, 2.45) is 0 Å². The molecule has 25 heavy (non-hydrogen) atoms. The molecule has 2 aromatic heterocycles. The molecule has 0 saturated carbocycles. The number of ether oxygens (including phenoxy) is 2. The molecule has 0 spiro atoms. The summed E-state index contributed by atoms with van der Waals surface area (Å²) in [5, 5.41) is 6.71. The van der Waals surface area contributed by atoms with Crippen LogP contribution in [0.5, 0.6) is 5.75 Å². The molecule has 0 amide bonds. The molecule has 1 aromatic carbocycles. The first-order chi connectivity index (χ1) is 11.6. The van der Waals surface area contributed by atoms with Gasteiger partial charge in [0.25, 0.3) is 0 Å². The van der Waals surface area contributed by atoms with Crippen molar-refractivity contribution in [3.63, 3.8) is 0 Å². The van der Waals surface area contributed by atoms with Gasteiger partial charge in [0.1, 0.15) is 5.75 Å². The molecule has 0 saturated heterocycles. The molecule has 0 aliphatic rings. The van der Waals surface area contributed by atoms with Gasteiger partial charge in [0.2, 0.25) is 5.05 Å². The van der Waals surface area contributed by atoms with E-state index in [1.165, 1.54) is 4.88 Å². The Bertz CT molecular complexity index is 859. The molecule has 0 atom stereocenters. The van der Waals surface area contributed by atoms with Crippen LogP contribution in [0.3, 0.4) is 0 Å². The Balaban J connectivity index is 0.00000225. The molecule has 0 radical (unpaired) electrons. The Labute approximate surface area is 170 Å². The average molecular weight is 457 g/mol. The fraction of sp³-hybridized carbons (Fsp3) is 0.176. The lowest BCUT2D eigenvalue weighted by Crippen LogP contribution is -1.94. The molecule has 0 fully saturated rings. The maximum atomic E-state index is 5.20. The third-order valence-electron chi connectivity index (χ3n) is 3.43. The van der Waals surface area contributed by atoms with E-state index in [1.54, 1.807) is 36.9 Å². The van der Waals surface area contributed by atoms with Crippen molar-refractivity contribution in [3.05, 3.63) is 45.5 Å². The van der Waals surface area contributed by atoms with E-state index in [9.17, 15) is 0 Å². The number of hydrogen-bond donors (Lipinski definition) is 1. The zero-order chi connectivity index (χ0) is 17.1. The van der Waals surface area contributed by atoms with E-state index in [4.69, 9.17) is 21.7 Å². The molecule has 3 rings (SSSR count). The number of anilines is 2. The van der Waals surface area contributed by atoms with Crippen molar-refractivity contribution in [1.82, 2.24) is 4.98 Å². The second kappa shape index (κ2) is 8.75. The highest BCUT2D eigenvalue weighted by Crippen LogP contribution is 2.34. The maximum Gasteiger partial charge on any atom is 0.201 e. The quantitative estimate of drug-likeness (QED) is 0.488. The minimum atomic E-state index is 0. The summed E-state index contributed by atoms with van der Waals surface area (Å²) in [5.74, 6) is 0.830. The van der Waals surface area contributed by atoms with Crippen molar-refractivity contribution in [1.29, 1.82) is 0 Å². The predicted molar refractivity (Wildman–Crippen MR) is 115 cm³/mol. The van der Waals surface area contributed by atoms with Gasteiger partial charge in [-0.2, -0.15) is 0 Å². The monoisotopic (exact) mass is 456 g/mol. The molecule has 0 aliphatic carbocycles. The Morgan fingerprint density at radius 2 is 1.92 bits per heavy atom. The van der Waals surface area contributed by atoms with E-state index in [2.05, 4.69) is 17.2 Å². The van der Waals surface area contributed by atoms with Crippen LogP contribution in [0.2, 0.25) is 0 Å². The van der Waals surface area contributed by atoms with Gasteiger partial charge in [-0.25, -0.2) is 4.98 Å². The van der Waals surface area contributed by atoms with Gasteiger partial charge in [-0.1, -0.05) is 0 Å². The molecule has 4 nitrogen and oxygen atoms in total. The van der Waals surface area contributed by atoms with Crippen LogP contribution < -0.4 is 10.1 Å². The molecule has 0 bridgehead atoms. The molecule has 3 aromatic rings. The normalized spacial score (nSPS) is 10.0. The molecular weight excluding hydrogens is 440 g/mol. The van der Waals surface area contributed by atoms with Crippen LogP contribution >= 0.6 is 51.9 Å². The van der Waals surface area contributed by atoms with E-state index in [-0.39, 0.29) is 17.0 Å². The number of thiocarbonyl (C=S) groups is 1. The molecule has 132 valence electrons. The van der Waals surface area contributed by atoms with E-state index in [1.807, 2.05) is 35.7 Å². The van der Waals surface area contributed by atoms with Gasteiger partial charge < -0.3 is 14.8 Å². The Hall–Kier alpha value is -1.48. The van der Waals surface area contributed by atoms with Crippen LogP contribution in [0.1, 0.15) is 9.75 Å². The highest BCUT2D eigenvalue weighted by molar-refractivity contribution is 8.93. The van der Waals surface area contributed by atoms with E-state index < -0.39 is 0 Å². The minimum absolute atomic E-state index is 0. The van der Waals surface area contributed by atoms with E-state index in [0.717, 1.165) is 32.7 Å². The first-order valence-electron chi connectivity index (χ1n) is 7.16. The van der Waals surface area contributed by atoms with Gasteiger partial charge in [-0.05, 0) is 49.5 Å². The molecule has 2 heterocycles. The van der Waals surface area contributed by atoms with Crippen LogP contribution in [-0.2, 0) is 4.74 Å². The fourth-order valence-corrected chi connectivity index (χ4v) is 4.05. The summed E-state index contributed by atoms with van der Waals surface area (Å²) in [6, 6.07) is 9.80. The number of thiazole rings is 1. The van der Waals surface area contributed by atoms with Crippen LogP contribution in [0.25, 0.3) is 11.3 Å². The third kappa shape index (κ3) is 4.58. The number of aryl methyl sites for hydroxylation is 1. The number of methoxy groups -OCH3 is 2. The zero-order valence-corrected chi connectivity index (χ0v) is 18.0. The zero-order valence-electron chi connectivity index (χ0n) is 13.9. The first kappa shape index (κ1) is 19.8. The van der Waals surface area contributed by atoms with Crippen LogP contribution in [0.4, 0.5) is 10.8 Å². The SMILES string of the molecule is Br.COC(=S)c1cc(-c2csc(Nc3ccc(OC)cc3)n2)c(C)s1. The lowest BCUT2D eigenvalue weighted by Gasteiger charge is -2.03. The lowest BCUT2D eigenvalue weighted by atomic mass is 10.2. The largest absolute Gasteiger partial charge is 0.497 e. The van der Waals surface area contributed by atoms with Crippen LogP contribution in [0.15, 0.2) is 35.7 Å². The summed E-state index contributed by atoms with van der Waals surface area (Å²) in [7, 11) is 3.25. The fourth-order valence-electron chi connectivity index (χ4n) is 2.19. The topological polar surface area (TPSA) is 43.4 Å². The van der Waals surface area contributed by atoms with Gasteiger partial charge in [0, 0.05) is 21.5 Å². The second-order valence-electron chi connectivity index (χ2n) is 4.96. The average Bonchev–Trinajstić information content (AvgIpc) is 3.21. The van der Waals surface area contributed by atoms with Crippen LogP contribution in [-0.4, -0.2) is 24.3 Å². The van der Waals surface area contributed by atoms with E-state index in [0.29, 0.717) is 5.05 Å². The first-order valence-corrected chi connectivity index (χ1v) is 9.27. The molecule has 1 N–H and O–H groups in total. The van der Waals surface area contributed by atoms with E-state index >= 15 is 0 Å². The Kier molecular flexibility index (Phi) is 6.95. The van der Waals surface area contributed by atoms with Gasteiger partial charge in [0.15, 0.2) is 5.13 Å². The number of hydrogen-bond acceptors (Lipinski definition) is 7. The molecule has 8 heteroatoms. The summed E-state index contributed by atoms with van der Waals surface area (Å²) >= 11 is 8.40. The number of rotatable bonds is 5.